The van der Waals surface area contributed by atoms with Crippen LogP contribution in [0.15, 0.2) is 0 Å². The van der Waals surface area contributed by atoms with Gasteiger partial charge in [0.15, 0.2) is 0 Å². The third-order valence-electron chi connectivity index (χ3n) is 3.13. The van der Waals surface area contributed by atoms with Crippen LogP contribution in [-0.2, 0) is 19.1 Å². The van der Waals surface area contributed by atoms with Crippen molar-refractivity contribution in [3.63, 3.8) is 0 Å². The molecule has 0 spiro atoms. The van der Waals surface area contributed by atoms with Crippen molar-refractivity contribution in [1.29, 1.82) is 0 Å². The number of hydrogen-bond acceptors (Lipinski definition) is 4. The van der Waals surface area contributed by atoms with Gasteiger partial charge in [-0.1, -0.05) is 65.3 Å². The predicted octanol–water partition coefficient (Wildman–Crippen LogP) is 8.18. The fraction of sp³-hybridized carbons (Fsp3) is 0.913. The number of ether oxygens (including phenoxy) is 2. The Hall–Kier alpha value is -1.06. The second-order valence-corrected chi connectivity index (χ2v) is 6.80. The lowest BCUT2D eigenvalue weighted by atomic mass is 9.91. The Morgan fingerprint density at radius 2 is 1.19 bits per heavy atom. The Kier molecular flexibility index (Phi) is 42.7. The fourth-order valence-corrected chi connectivity index (χ4v) is 1.04. The van der Waals surface area contributed by atoms with Crippen LogP contribution in [0.3, 0.4) is 0 Å². The zero-order chi connectivity index (χ0) is 17.3. The lowest BCUT2D eigenvalue weighted by Crippen LogP contribution is -2.27. The van der Waals surface area contributed by atoms with Crippen molar-refractivity contribution in [3.8, 4) is 0 Å². The van der Waals surface area contributed by atoms with Gasteiger partial charge in [0.2, 0.25) is 0 Å². The second kappa shape index (κ2) is 23.0. The molecule has 4 heteroatoms. The zero-order valence-corrected chi connectivity index (χ0v) is 15.3. The van der Waals surface area contributed by atoms with Gasteiger partial charge in [-0.3, -0.25) is 9.59 Å². The summed E-state index contributed by atoms with van der Waals surface area (Å²) in [6, 6.07) is 0. The average molecular weight is 399 g/mol. The molecule has 0 aromatic rings. The topological polar surface area (TPSA) is 52.6 Å². The van der Waals surface area contributed by atoms with Gasteiger partial charge in [0.25, 0.3) is 0 Å². The van der Waals surface area contributed by atoms with E-state index in [1.807, 2.05) is 62.3 Å². The number of carbonyl (C=O) groups excluding carboxylic acids is 2. The maximum absolute atomic E-state index is 11.2. The normalized spacial score (nSPS) is 9.96. The highest BCUT2D eigenvalue weighted by Gasteiger charge is 2.26. The third-order valence-corrected chi connectivity index (χ3v) is 3.13. The molecular formula is C23H58O4. The standard InChI is InChI=1S/C9H18O2.C8H16O2.6CH4/c1-6-7(2)8(10)11-9(3,4)5;1-5-8(3,4)7(9)10-6-2;;;;;;/h7H,6H2,1-5H3;5-6H2,1-4H3;6*1H4. The van der Waals surface area contributed by atoms with Crippen molar-refractivity contribution in [2.75, 3.05) is 6.61 Å². The molecule has 0 heterocycles. The molecule has 4 nitrogen and oxygen atoms in total. The Bertz CT molecular complexity index is 315. The lowest BCUT2D eigenvalue weighted by molar-refractivity contribution is -0.159. The molecule has 0 radical (unpaired) electrons. The largest absolute Gasteiger partial charge is 0.466 e. The highest BCUT2D eigenvalue weighted by atomic mass is 16.6. The van der Waals surface area contributed by atoms with Gasteiger partial charge >= 0.3 is 11.9 Å². The lowest BCUT2D eigenvalue weighted by Gasteiger charge is -2.21. The Balaban J connectivity index is -0.0000000366. The summed E-state index contributed by atoms with van der Waals surface area (Å²) in [4.78, 5) is 22.2. The molecule has 0 fully saturated rings. The predicted molar refractivity (Wildman–Crippen MR) is 126 cm³/mol. The molecule has 0 aliphatic carbocycles. The van der Waals surface area contributed by atoms with E-state index in [4.69, 9.17) is 9.47 Å². The number of carbonyl (C=O) groups is 2. The highest BCUT2D eigenvalue weighted by molar-refractivity contribution is 5.75. The van der Waals surface area contributed by atoms with E-state index >= 15 is 0 Å². The van der Waals surface area contributed by atoms with E-state index in [-0.39, 0.29) is 73.4 Å². The van der Waals surface area contributed by atoms with E-state index in [2.05, 4.69) is 0 Å². The Morgan fingerprint density at radius 1 is 0.815 bits per heavy atom. The summed E-state index contributed by atoms with van der Waals surface area (Å²) in [6.45, 7) is 17.6. The van der Waals surface area contributed by atoms with Crippen molar-refractivity contribution in [2.24, 2.45) is 11.3 Å². The number of esters is 2. The molecule has 27 heavy (non-hydrogen) atoms. The molecule has 0 aromatic heterocycles. The molecule has 1 atom stereocenters. The maximum Gasteiger partial charge on any atom is 0.311 e. The summed E-state index contributed by atoms with van der Waals surface area (Å²) < 4.78 is 10.0. The first kappa shape index (κ1) is 50.1. The summed E-state index contributed by atoms with van der Waals surface area (Å²) in [7, 11) is 0. The van der Waals surface area contributed by atoms with E-state index < -0.39 is 0 Å². The fourth-order valence-electron chi connectivity index (χ4n) is 1.04. The van der Waals surface area contributed by atoms with Crippen molar-refractivity contribution in [1.82, 2.24) is 0 Å². The van der Waals surface area contributed by atoms with Crippen LogP contribution in [0.5, 0.6) is 0 Å². The smallest absolute Gasteiger partial charge is 0.311 e. The second-order valence-electron chi connectivity index (χ2n) is 6.80. The number of rotatable bonds is 5. The first-order valence-electron chi connectivity index (χ1n) is 7.81. The molecule has 0 bridgehead atoms. The van der Waals surface area contributed by atoms with Gasteiger partial charge in [0, 0.05) is 0 Å². The van der Waals surface area contributed by atoms with E-state index in [9.17, 15) is 9.59 Å². The van der Waals surface area contributed by atoms with Crippen LogP contribution in [0.4, 0.5) is 0 Å². The Labute approximate surface area is 174 Å². The molecule has 0 saturated heterocycles. The van der Waals surface area contributed by atoms with E-state index in [1.54, 1.807) is 0 Å². The molecule has 0 saturated carbocycles. The highest BCUT2D eigenvalue weighted by Crippen LogP contribution is 2.21. The van der Waals surface area contributed by atoms with Gasteiger partial charge in [-0.25, -0.2) is 0 Å². The van der Waals surface area contributed by atoms with Crippen LogP contribution < -0.4 is 0 Å². The van der Waals surface area contributed by atoms with E-state index in [0.29, 0.717) is 6.61 Å². The summed E-state index contributed by atoms with van der Waals surface area (Å²) >= 11 is 0. The van der Waals surface area contributed by atoms with Crippen LogP contribution in [0.1, 0.15) is 120 Å². The molecular weight excluding hydrogens is 340 g/mol. The van der Waals surface area contributed by atoms with Crippen LogP contribution >= 0.6 is 0 Å². The van der Waals surface area contributed by atoms with Gasteiger partial charge in [0.05, 0.1) is 17.9 Å². The van der Waals surface area contributed by atoms with Crippen molar-refractivity contribution in [3.05, 3.63) is 0 Å². The quantitative estimate of drug-likeness (QED) is 0.438. The monoisotopic (exact) mass is 398 g/mol. The molecule has 0 rings (SSSR count). The maximum atomic E-state index is 11.2. The van der Waals surface area contributed by atoms with Crippen LogP contribution in [-0.4, -0.2) is 24.1 Å². The minimum Gasteiger partial charge on any atom is -0.466 e. The van der Waals surface area contributed by atoms with E-state index in [1.165, 1.54) is 0 Å². The minimum atomic E-state index is -0.347. The minimum absolute atomic E-state index is 0. The summed E-state index contributed by atoms with van der Waals surface area (Å²) in [5, 5.41) is 0. The summed E-state index contributed by atoms with van der Waals surface area (Å²) in [5.41, 5.74) is -0.656. The summed E-state index contributed by atoms with van der Waals surface area (Å²) in [6.07, 6.45) is 1.67. The molecule has 174 valence electrons. The van der Waals surface area contributed by atoms with Gasteiger partial charge in [-0.05, 0) is 54.4 Å². The van der Waals surface area contributed by atoms with Gasteiger partial charge in [-0.2, -0.15) is 0 Å². The molecule has 0 amide bonds. The summed E-state index contributed by atoms with van der Waals surface area (Å²) in [5.74, 6) is -0.174. The van der Waals surface area contributed by atoms with Crippen LogP contribution in [0.2, 0.25) is 0 Å². The van der Waals surface area contributed by atoms with Crippen molar-refractivity contribution in [2.45, 2.75) is 125 Å². The van der Waals surface area contributed by atoms with Gasteiger partial charge in [-0.15, -0.1) is 0 Å². The van der Waals surface area contributed by atoms with Crippen LogP contribution in [0, 0.1) is 11.3 Å². The SMILES string of the molecule is C.C.C.C.C.C.CCC(C)C(=O)OC(C)(C)C.CCOC(=O)C(C)(C)CC. The molecule has 0 N–H and O–H groups in total. The van der Waals surface area contributed by atoms with Crippen LogP contribution in [0.25, 0.3) is 0 Å². The first-order chi connectivity index (χ1) is 9.41. The average Bonchev–Trinajstić information content (AvgIpc) is 2.36. The zero-order valence-electron chi connectivity index (χ0n) is 15.3. The molecule has 0 aromatic carbocycles. The van der Waals surface area contributed by atoms with Gasteiger partial charge < -0.3 is 9.47 Å². The Morgan fingerprint density at radius 3 is 1.41 bits per heavy atom. The molecule has 0 aliphatic heterocycles. The van der Waals surface area contributed by atoms with Crippen molar-refractivity contribution < 1.29 is 19.1 Å². The molecule has 1 unspecified atom stereocenters. The van der Waals surface area contributed by atoms with Crippen molar-refractivity contribution >= 4 is 11.9 Å². The molecule has 0 aliphatic rings. The third kappa shape index (κ3) is 27.3. The first-order valence-corrected chi connectivity index (χ1v) is 7.81. The van der Waals surface area contributed by atoms with E-state index in [0.717, 1.165) is 12.8 Å². The number of hydrogen-bond donors (Lipinski definition) is 0. The van der Waals surface area contributed by atoms with Gasteiger partial charge in [0.1, 0.15) is 5.60 Å².